The zero-order chi connectivity index (χ0) is 23.4. The first kappa shape index (κ1) is 22.4. The van der Waals surface area contributed by atoms with Crippen molar-refractivity contribution in [1.82, 2.24) is 4.90 Å². The first-order valence-corrected chi connectivity index (χ1v) is 11.5. The number of hydrogen-bond donors (Lipinski definition) is 1. The summed E-state index contributed by atoms with van der Waals surface area (Å²) in [5.41, 5.74) is 2.64. The zero-order valence-corrected chi connectivity index (χ0v) is 18.8. The molecule has 3 aromatic rings. The van der Waals surface area contributed by atoms with Crippen molar-refractivity contribution in [3.63, 3.8) is 0 Å². The van der Waals surface area contributed by atoms with E-state index in [0.29, 0.717) is 33.7 Å². The number of esters is 1. The summed E-state index contributed by atoms with van der Waals surface area (Å²) in [6.45, 7) is 2.09. The van der Waals surface area contributed by atoms with Gasteiger partial charge < -0.3 is 10.1 Å². The van der Waals surface area contributed by atoms with Gasteiger partial charge in [0.2, 0.25) is 5.91 Å². The van der Waals surface area contributed by atoms with E-state index in [4.69, 9.17) is 4.74 Å². The summed E-state index contributed by atoms with van der Waals surface area (Å²) in [5.74, 6) is -1.49. The van der Waals surface area contributed by atoms with Crippen molar-refractivity contribution in [3.8, 4) is 11.1 Å². The predicted molar refractivity (Wildman–Crippen MR) is 125 cm³/mol. The molecule has 0 bridgehead atoms. The van der Waals surface area contributed by atoms with Crippen LogP contribution < -0.4 is 5.32 Å². The number of fused-ring (bicyclic) bond motifs is 1. The predicted octanol–water partition coefficient (Wildman–Crippen LogP) is 4.61. The van der Waals surface area contributed by atoms with E-state index in [1.54, 1.807) is 31.2 Å². The van der Waals surface area contributed by atoms with Crippen LogP contribution in [0.15, 0.2) is 60.0 Å². The summed E-state index contributed by atoms with van der Waals surface area (Å²) in [4.78, 5) is 51.3. The van der Waals surface area contributed by atoms with Gasteiger partial charge in [-0.2, -0.15) is 0 Å². The summed E-state index contributed by atoms with van der Waals surface area (Å²) in [6.07, 6.45) is 0.400. The van der Waals surface area contributed by atoms with Crippen LogP contribution in [-0.4, -0.2) is 41.7 Å². The molecule has 0 atom stereocenters. The molecule has 0 saturated carbocycles. The highest BCUT2D eigenvalue weighted by molar-refractivity contribution is 7.15. The first-order chi connectivity index (χ1) is 16.0. The number of ether oxygens (including phenoxy) is 1. The highest BCUT2D eigenvalue weighted by Gasteiger charge is 2.34. The van der Waals surface area contributed by atoms with Crippen LogP contribution in [0.2, 0.25) is 0 Å². The topological polar surface area (TPSA) is 92.8 Å². The van der Waals surface area contributed by atoms with Gasteiger partial charge in [0.1, 0.15) is 10.6 Å². The van der Waals surface area contributed by atoms with Crippen LogP contribution in [0.1, 0.15) is 50.8 Å². The Morgan fingerprint density at radius 1 is 0.939 bits per heavy atom. The SMILES string of the molecule is CCOC(=O)c1c(-c2ccccc2)csc1NC(=O)CCCN1C(=O)c2ccccc2C1=O. The summed E-state index contributed by atoms with van der Waals surface area (Å²) in [5, 5.41) is 5.03. The molecule has 0 saturated heterocycles. The van der Waals surface area contributed by atoms with Gasteiger partial charge >= 0.3 is 5.97 Å². The van der Waals surface area contributed by atoms with Crippen molar-refractivity contribution in [3.05, 3.63) is 76.7 Å². The molecule has 2 aromatic carbocycles. The fourth-order valence-electron chi connectivity index (χ4n) is 3.72. The maximum atomic E-state index is 12.6. The second kappa shape index (κ2) is 9.79. The van der Waals surface area contributed by atoms with E-state index in [9.17, 15) is 19.2 Å². The summed E-state index contributed by atoms with van der Waals surface area (Å²) in [6, 6.07) is 16.1. The molecule has 8 heteroatoms. The second-order valence-corrected chi connectivity index (χ2v) is 8.28. The van der Waals surface area contributed by atoms with Crippen LogP contribution in [-0.2, 0) is 9.53 Å². The van der Waals surface area contributed by atoms with E-state index in [1.165, 1.54) is 16.2 Å². The summed E-state index contributed by atoms with van der Waals surface area (Å²) >= 11 is 1.25. The third kappa shape index (κ3) is 4.56. The molecule has 0 radical (unpaired) electrons. The quantitative estimate of drug-likeness (QED) is 0.390. The Labute approximate surface area is 195 Å². The van der Waals surface area contributed by atoms with Gasteiger partial charge in [-0.15, -0.1) is 11.3 Å². The van der Waals surface area contributed by atoms with Crippen LogP contribution in [0.3, 0.4) is 0 Å². The number of thiophene rings is 1. The smallest absolute Gasteiger partial charge is 0.341 e. The normalized spacial score (nSPS) is 12.6. The van der Waals surface area contributed by atoms with E-state index in [1.807, 2.05) is 35.7 Å². The lowest BCUT2D eigenvalue weighted by Gasteiger charge is -2.13. The Morgan fingerprint density at radius 2 is 1.58 bits per heavy atom. The van der Waals surface area contributed by atoms with E-state index in [-0.39, 0.29) is 37.3 Å². The van der Waals surface area contributed by atoms with Gasteiger partial charge in [0.05, 0.1) is 17.7 Å². The molecule has 7 nitrogen and oxygen atoms in total. The van der Waals surface area contributed by atoms with E-state index in [0.717, 1.165) is 5.56 Å². The number of carbonyl (C=O) groups is 4. The lowest BCUT2D eigenvalue weighted by molar-refractivity contribution is -0.116. The molecule has 1 N–H and O–H groups in total. The Hall–Kier alpha value is -3.78. The molecule has 168 valence electrons. The van der Waals surface area contributed by atoms with Gasteiger partial charge in [-0.05, 0) is 31.0 Å². The molecule has 1 aromatic heterocycles. The second-order valence-electron chi connectivity index (χ2n) is 7.40. The molecule has 1 aliphatic rings. The molecule has 33 heavy (non-hydrogen) atoms. The number of anilines is 1. The number of benzene rings is 2. The lowest BCUT2D eigenvalue weighted by atomic mass is 10.0. The Balaban J connectivity index is 1.42. The molecule has 2 heterocycles. The molecule has 0 aliphatic carbocycles. The van der Waals surface area contributed by atoms with Crippen LogP contribution in [0.5, 0.6) is 0 Å². The van der Waals surface area contributed by atoms with Crippen LogP contribution >= 0.6 is 11.3 Å². The van der Waals surface area contributed by atoms with Crippen molar-refractivity contribution >= 4 is 40.0 Å². The molecule has 1 aliphatic heterocycles. The highest BCUT2D eigenvalue weighted by atomic mass is 32.1. The van der Waals surface area contributed by atoms with Crippen molar-refractivity contribution in [2.24, 2.45) is 0 Å². The molecular weight excluding hydrogens is 440 g/mol. The van der Waals surface area contributed by atoms with Gasteiger partial charge in [0.15, 0.2) is 0 Å². The average molecular weight is 463 g/mol. The molecular formula is C25H22N2O5S. The van der Waals surface area contributed by atoms with E-state index >= 15 is 0 Å². The first-order valence-electron chi connectivity index (χ1n) is 10.6. The van der Waals surface area contributed by atoms with Gasteiger partial charge in [0.25, 0.3) is 11.8 Å². The van der Waals surface area contributed by atoms with Gasteiger partial charge in [-0.1, -0.05) is 42.5 Å². The summed E-state index contributed by atoms with van der Waals surface area (Å²) < 4.78 is 5.21. The minimum atomic E-state index is -0.501. The number of nitrogens with one attached hydrogen (secondary N) is 1. The standard InChI is InChI=1S/C25H22N2O5S/c1-2-32-25(31)21-19(16-9-4-3-5-10-16)15-33-22(21)26-20(28)13-8-14-27-23(29)17-11-6-7-12-18(17)24(27)30/h3-7,9-12,15H,2,8,13-14H2,1H3,(H,26,28). The molecule has 0 spiro atoms. The van der Waals surface area contributed by atoms with E-state index < -0.39 is 5.97 Å². The van der Waals surface area contributed by atoms with Crippen molar-refractivity contribution < 1.29 is 23.9 Å². The molecule has 4 rings (SSSR count). The van der Waals surface area contributed by atoms with Crippen LogP contribution in [0, 0.1) is 0 Å². The number of amides is 3. The van der Waals surface area contributed by atoms with Crippen molar-refractivity contribution in [2.75, 3.05) is 18.5 Å². The number of nitrogens with zero attached hydrogens (tertiary/aromatic N) is 1. The lowest BCUT2D eigenvalue weighted by Crippen LogP contribution is -2.31. The van der Waals surface area contributed by atoms with Gasteiger partial charge in [-0.25, -0.2) is 4.79 Å². The minimum Gasteiger partial charge on any atom is -0.462 e. The third-order valence-corrected chi connectivity index (χ3v) is 6.17. The highest BCUT2D eigenvalue weighted by Crippen LogP contribution is 2.36. The van der Waals surface area contributed by atoms with Gasteiger partial charge in [-0.3, -0.25) is 19.3 Å². The van der Waals surface area contributed by atoms with Crippen LogP contribution in [0.25, 0.3) is 11.1 Å². The Bertz CT molecular complexity index is 1180. The molecule has 0 unspecified atom stereocenters. The minimum absolute atomic E-state index is 0.0915. The molecule has 3 amide bonds. The largest absolute Gasteiger partial charge is 0.462 e. The number of carbonyl (C=O) groups excluding carboxylic acids is 4. The Morgan fingerprint density at radius 3 is 2.21 bits per heavy atom. The fraction of sp³-hybridized carbons (Fsp3) is 0.200. The number of hydrogen-bond acceptors (Lipinski definition) is 6. The van der Waals surface area contributed by atoms with Gasteiger partial charge in [0, 0.05) is 23.9 Å². The maximum Gasteiger partial charge on any atom is 0.341 e. The average Bonchev–Trinajstić information content (AvgIpc) is 3.34. The van der Waals surface area contributed by atoms with Crippen molar-refractivity contribution in [2.45, 2.75) is 19.8 Å². The zero-order valence-electron chi connectivity index (χ0n) is 18.0. The fourth-order valence-corrected chi connectivity index (χ4v) is 4.69. The third-order valence-electron chi connectivity index (χ3n) is 5.27. The van der Waals surface area contributed by atoms with Crippen LogP contribution in [0.4, 0.5) is 5.00 Å². The monoisotopic (exact) mass is 462 g/mol. The maximum absolute atomic E-state index is 12.6. The van der Waals surface area contributed by atoms with E-state index in [2.05, 4.69) is 5.32 Å². The number of imide groups is 1. The Kier molecular flexibility index (Phi) is 6.65. The summed E-state index contributed by atoms with van der Waals surface area (Å²) in [7, 11) is 0. The van der Waals surface area contributed by atoms with Crippen molar-refractivity contribution in [1.29, 1.82) is 0 Å². The molecule has 0 fully saturated rings. The number of rotatable bonds is 8.